The highest BCUT2D eigenvalue weighted by Crippen LogP contribution is 2.30. The van der Waals surface area contributed by atoms with Crippen molar-refractivity contribution in [1.82, 2.24) is 5.48 Å². The van der Waals surface area contributed by atoms with E-state index in [0.717, 1.165) is 12.8 Å². The minimum Gasteiger partial charge on any atom is -0.296 e. The maximum atomic E-state index is 8.64. The predicted octanol–water partition coefficient (Wildman–Crippen LogP) is 1.67. The third-order valence-electron chi connectivity index (χ3n) is 2.24. The minimum absolute atomic E-state index is 0.0335. The lowest BCUT2D eigenvalue weighted by Gasteiger charge is -2.04. The first-order valence-electron chi connectivity index (χ1n) is 3.84. The first-order valence-corrected chi connectivity index (χ1v) is 3.84. The van der Waals surface area contributed by atoms with Crippen molar-refractivity contribution in [2.45, 2.75) is 18.9 Å². The van der Waals surface area contributed by atoms with Crippen molar-refractivity contribution in [3.63, 3.8) is 0 Å². The molecule has 1 aliphatic rings. The Balaban J connectivity index is 2.39. The Bertz CT molecular complexity index is 259. The largest absolute Gasteiger partial charge is 0.296 e. The maximum absolute atomic E-state index is 8.64. The molecule has 2 rings (SSSR count). The average molecular weight is 148 g/mol. The van der Waals surface area contributed by atoms with Gasteiger partial charge in [-0.1, -0.05) is 29.7 Å². The van der Waals surface area contributed by atoms with Crippen molar-refractivity contribution in [2.75, 3.05) is 0 Å². The van der Waals surface area contributed by atoms with E-state index in [0.29, 0.717) is 0 Å². The van der Waals surface area contributed by atoms with Gasteiger partial charge in [-0.15, -0.1) is 0 Å². The van der Waals surface area contributed by atoms with Crippen LogP contribution in [0.25, 0.3) is 0 Å². The number of hydrogen-bond acceptors (Lipinski definition) is 1. The summed E-state index contributed by atoms with van der Waals surface area (Å²) < 4.78 is 0. The van der Waals surface area contributed by atoms with Crippen LogP contribution in [0.15, 0.2) is 24.3 Å². The smallest absolute Gasteiger partial charge is 0.0790 e. The molecule has 1 atom stereocenters. The van der Waals surface area contributed by atoms with Gasteiger partial charge in [0.15, 0.2) is 0 Å². The molecule has 57 valence electrons. The number of hydroxylamine groups is 1. The van der Waals surface area contributed by atoms with Crippen molar-refractivity contribution < 1.29 is 5.21 Å². The molecule has 0 amide bonds. The molecule has 0 aromatic heterocycles. The number of rotatable bonds is 1. The summed E-state index contributed by atoms with van der Waals surface area (Å²) in [5.41, 5.74) is 5.85. The summed E-state index contributed by atoms with van der Waals surface area (Å²) in [6.45, 7) is 0. The van der Waals surface area contributed by atoms with Crippen LogP contribution in [0.4, 0.5) is 0 Å². The van der Waals surface area contributed by atoms with Crippen molar-refractivity contribution in [3.8, 4) is 0 Å². The van der Waals surface area contributed by atoms with Gasteiger partial charge in [-0.3, -0.25) is 5.21 Å². The quantitative estimate of drug-likeness (QED) is 0.604. The summed E-state index contributed by atoms with van der Waals surface area (Å²) in [5, 5.41) is 8.64. The molecule has 0 aliphatic heterocycles. The second-order valence-corrected chi connectivity index (χ2v) is 2.87. The van der Waals surface area contributed by atoms with Crippen molar-refractivity contribution in [2.24, 2.45) is 0 Å². The number of nitrogens with zero attached hydrogens (tertiary/aromatic N) is 1. The Morgan fingerprint density at radius 1 is 1.36 bits per heavy atom. The van der Waals surface area contributed by atoms with Crippen LogP contribution in [0.5, 0.6) is 0 Å². The second kappa shape index (κ2) is 2.64. The first-order chi connectivity index (χ1) is 5.42. The molecule has 0 heterocycles. The Hall–Kier alpha value is -0.860. The van der Waals surface area contributed by atoms with Gasteiger partial charge >= 0.3 is 0 Å². The molecule has 0 spiro atoms. The van der Waals surface area contributed by atoms with E-state index in [9.17, 15) is 0 Å². The average Bonchev–Trinajstić information content (AvgIpc) is 2.47. The highest BCUT2D eigenvalue weighted by atomic mass is 16.5. The normalized spacial score (nSPS) is 21.7. The zero-order chi connectivity index (χ0) is 7.68. The number of hydrogen-bond donors (Lipinski definition) is 1. The molecular weight excluding hydrogens is 138 g/mol. The van der Waals surface area contributed by atoms with Crippen molar-refractivity contribution >= 4 is 0 Å². The van der Waals surface area contributed by atoms with Crippen LogP contribution < -0.4 is 5.48 Å². The molecule has 11 heavy (non-hydrogen) atoms. The van der Waals surface area contributed by atoms with Gasteiger partial charge in [0.25, 0.3) is 0 Å². The Kier molecular flexibility index (Phi) is 1.64. The lowest BCUT2D eigenvalue weighted by atomic mass is 10.1. The topological polar surface area (TPSA) is 34.3 Å². The van der Waals surface area contributed by atoms with E-state index < -0.39 is 0 Å². The Morgan fingerprint density at radius 3 is 3.00 bits per heavy atom. The molecular formula is C9H10NO. The van der Waals surface area contributed by atoms with Crippen LogP contribution in [0, 0.1) is 0 Å². The molecule has 0 saturated carbocycles. The fraction of sp³-hybridized carbons (Fsp3) is 0.333. The summed E-state index contributed by atoms with van der Waals surface area (Å²) in [6, 6.07) is 8.18. The van der Waals surface area contributed by atoms with Gasteiger partial charge in [-0.2, -0.15) is 0 Å². The maximum Gasteiger partial charge on any atom is 0.0790 e. The summed E-state index contributed by atoms with van der Waals surface area (Å²) in [7, 11) is 0. The van der Waals surface area contributed by atoms with Gasteiger partial charge in [0.2, 0.25) is 0 Å². The lowest BCUT2D eigenvalue weighted by molar-refractivity contribution is 0.115. The van der Waals surface area contributed by atoms with Crippen LogP contribution >= 0.6 is 0 Å². The van der Waals surface area contributed by atoms with Crippen molar-refractivity contribution in [1.29, 1.82) is 0 Å². The summed E-state index contributed by atoms with van der Waals surface area (Å²) in [5.74, 6) is 0. The van der Waals surface area contributed by atoms with Crippen LogP contribution in [0.1, 0.15) is 23.6 Å². The van der Waals surface area contributed by atoms with Crippen LogP contribution in [0.3, 0.4) is 0 Å². The predicted molar refractivity (Wildman–Crippen MR) is 41.4 cm³/mol. The standard InChI is InChI=1S/C9H10NO/c11-10-9-6-5-7-3-1-2-4-8(7)9/h1-4,9,11H,5-6H2. The van der Waals surface area contributed by atoms with Gasteiger partial charge in [-0.05, 0) is 24.0 Å². The SMILES string of the molecule is O[N]C1CCc2ccccc21. The third-order valence-corrected chi connectivity index (χ3v) is 2.24. The summed E-state index contributed by atoms with van der Waals surface area (Å²) >= 11 is 0. The highest BCUT2D eigenvalue weighted by Gasteiger charge is 2.21. The molecule has 1 aromatic rings. The number of fused-ring (bicyclic) bond motifs is 1. The van der Waals surface area contributed by atoms with E-state index in [-0.39, 0.29) is 6.04 Å². The fourth-order valence-electron chi connectivity index (χ4n) is 1.65. The second-order valence-electron chi connectivity index (χ2n) is 2.87. The Labute approximate surface area is 65.8 Å². The van der Waals surface area contributed by atoms with Crippen LogP contribution in [-0.2, 0) is 6.42 Å². The zero-order valence-electron chi connectivity index (χ0n) is 6.20. The molecule has 1 N–H and O–H groups in total. The van der Waals surface area contributed by atoms with Gasteiger partial charge in [0, 0.05) is 0 Å². The molecule has 1 radical (unpaired) electrons. The van der Waals surface area contributed by atoms with Gasteiger partial charge in [0.05, 0.1) is 6.04 Å². The monoisotopic (exact) mass is 148 g/mol. The van der Waals surface area contributed by atoms with E-state index in [1.807, 2.05) is 18.2 Å². The summed E-state index contributed by atoms with van der Waals surface area (Å²) in [6.07, 6.45) is 2.00. The minimum atomic E-state index is 0.0335. The van der Waals surface area contributed by atoms with Gasteiger partial charge < -0.3 is 0 Å². The lowest BCUT2D eigenvalue weighted by Crippen LogP contribution is -2.05. The van der Waals surface area contributed by atoms with Crippen molar-refractivity contribution in [3.05, 3.63) is 35.4 Å². The van der Waals surface area contributed by atoms with Gasteiger partial charge in [0.1, 0.15) is 0 Å². The van der Waals surface area contributed by atoms with E-state index in [4.69, 9.17) is 5.21 Å². The van der Waals surface area contributed by atoms with E-state index in [2.05, 4.69) is 11.5 Å². The Morgan fingerprint density at radius 2 is 2.18 bits per heavy atom. The molecule has 1 aliphatic carbocycles. The van der Waals surface area contributed by atoms with Gasteiger partial charge in [-0.25, -0.2) is 0 Å². The van der Waals surface area contributed by atoms with Crippen LogP contribution in [0.2, 0.25) is 0 Å². The van der Waals surface area contributed by atoms with E-state index >= 15 is 0 Å². The van der Waals surface area contributed by atoms with E-state index in [1.54, 1.807) is 0 Å². The molecule has 2 heteroatoms. The molecule has 0 bridgehead atoms. The molecule has 0 saturated heterocycles. The number of aryl methyl sites for hydroxylation is 1. The highest BCUT2D eigenvalue weighted by molar-refractivity contribution is 5.33. The fourth-order valence-corrected chi connectivity index (χ4v) is 1.65. The molecule has 1 unspecified atom stereocenters. The molecule has 0 fully saturated rings. The summed E-state index contributed by atoms with van der Waals surface area (Å²) in [4.78, 5) is 0. The zero-order valence-corrected chi connectivity index (χ0v) is 6.20. The molecule has 2 nitrogen and oxygen atoms in total. The van der Waals surface area contributed by atoms with Crippen LogP contribution in [-0.4, -0.2) is 5.21 Å². The van der Waals surface area contributed by atoms with E-state index in [1.165, 1.54) is 11.1 Å². The number of benzene rings is 1. The first kappa shape index (κ1) is 6.83. The third kappa shape index (κ3) is 1.04. The molecule has 1 aromatic carbocycles.